The Labute approximate surface area is 389 Å². The molecule has 6 heterocycles. The molecule has 358 valence electrons. The molecule has 0 radical (unpaired) electrons. The van der Waals surface area contributed by atoms with Gasteiger partial charge in [0.25, 0.3) is 5.91 Å². The fraction of sp³-hybridized carbons (Fsp3) is 0.600. The molecule has 4 aliphatic heterocycles. The number of fused-ring (bicyclic) bond motifs is 6. The number of hydrogen-bond acceptors (Lipinski definition) is 11. The van der Waals surface area contributed by atoms with Gasteiger partial charge in [0.05, 0.1) is 48.8 Å². The maximum atomic E-state index is 14.8. The maximum absolute atomic E-state index is 14.8. The van der Waals surface area contributed by atoms with Gasteiger partial charge in [-0.25, -0.2) is 5.43 Å². The van der Waals surface area contributed by atoms with E-state index < -0.39 is 53.3 Å². The Hall–Kier alpha value is -5.32. The van der Waals surface area contributed by atoms with Crippen molar-refractivity contribution in [3.8, 4) is 11.3 Å². The van der Waals surface area contributed by atoms with Gasteiger partial charge in [-0.1, -0.05) is 34.3 Å². The standard InChI is InChI=1S/C50H70N8O8/c1-11-42(59)55-22-19-33(28-55)47(61)54(9)44(30(3)4)46(60)52-39-26-41-31(5)57(23-24-65-41)34-17-18-40-36(25-34)37(45(56(40)12-2)35-15-13-20-51-43(35)32(6)64-10)27-50(7,8)29-66-49(63)38-16-14-21-58(53-38)48(39)62/h11,13,15,17-18,20,25,30-33,38-39,41,44,53H,1,12,14,16,19,21-24,26-29H2,2-10H3,(H,52,60)/t31-,32+,33+,38+,39+,41+,44+/m1/s1. The summed E-state index contributed by atoms with van der Waals surface area (Å²) in [5, 5.41) is 5.60. The molecule has 2 aromatic heterocycles. The predicted octanol–water partition coefficient (Wildman–Crippen LogP) is 5.04. The van der Waals surface area contributed by atoms with Crippen LogP contribution < -0.4 is 15.6 Å². The van der Waals surface area contributed by atoms with Crippen LogP contribution in [0.3, 0.4) is 0 Å². The highest BCUT2D eigenvalue weighted by atomic mass is 16.5. The predicted molar refractivity (Wildman–Crippen MR) is 252 cm³/mol. The third-order valence-electron chi connectivity index (χ3n) is 14.1. The lowest BCUT2D eigenvalue weighted by Crippen LogP contribution is -2.63. The minimum absolute atomic E-state index is 0.136. The second-order valence-electron chi connectivity index (χ2n) is 19.6. The highest BCUT2D eigenvalue weighted by Crippen LogP contribution is 2.42. The molecule has 3 aromatic rings. The molecule has 2 N–H and O–H groups in total. The van der Waals surface area contributed by atoms with Gasteiger partial charge in [0.2, 0.25) is 17.7 Å². The molecule has 3 saturated heterocycles. The summed E-state index contributed by atoms with van der Waals surface area (Å²) in [6, 6.07) is 7.66. The van der Waals surface area contributed by atoms with Gasteiger partial charge in [-0.2, -0.15) is 0 Å². The molecule has 0 spiro atoms. The lowest BCUT2D eigenvalue weighted by Gasteiger charge is -2.43. The molecule has 1 aromatic carbocycles. The van der Waals surface area contributed by atoms with Gasteiger partial charge in [0, 0.05) is 87.1 Å². The molecule has 4 amide bonds. The summed E-state index contributed by atoms with van der Waals surface area (Å²) in [7, 11) is 3.30. The maximum Gasteiger partial charge on any atom is 0.324 e. The van der Waals surface area contributed by atoms with Crippen molar-refractivity contribution in [3.63, 3.8) is 0 Å². The smallest absolute Gasteiger partial charge is 0.324 e. The largest absolute Gasteiger partial charge is 0.464 e. The normalized spacial score (nSPS) is 24.7. The number of nitrogens with one attached hydrogen (secondary N) is 2. The number of likely N-dealkylation sites (N-methyl/N-ethyl adjacent to an activating group) is 1. The molecule has 0 saturated carbocycles. The fourth-order valence-electron chi connectivity index (χ4n) is 10.5. The molecular weight excluding hydrogens is 841 g/mol. The Balaban J connectivity index is 1.27. The van der Waals surface area contributed by atoms with Crippen molar-refractivity contribution in [1.82, 2.24) is 35.1 Å². The monoisotopic (exact) mass is 911 g/mol. The average molecular weight is 911 g/mol. The van der Waals surface area contributed by atoms with E-state index in [9.17, 15) is 24.0 Å². The first-order valence-corrected chi connectivity index (χ1v) is 23.7. The van der Waals surface area contributed by atoms with E-state index in [-0.39, 0.29) is 49.5 Å². The van der Waals surface area contributed by atoms with Gasteiger partial charge in [-0.15, -0.1) is 0 Å². The number of hydrogen-bond donors (Lipinski definition) is 2. The average Bonchev–Trinajstić information content (AvgIpc) is 3.92. The lowest BCUT2D eigenvalue weighted by atomic mass is 9.84. The van der Waals surface area contributed by atoms with Gasteiger partial charge in [-0.05, 0) is 94.3 Å². The number of rotatable bonds is 10. The van der Waals surface area contributed by atoms with Crippen molar-refractivity contribution >= 4 is 46.2 Å². The molecule has 7 atom stereocenters. The SMILES string of the molecule is C=CC(=O)N1CC[C@H](C(=O)N(C)[C@H](C(=O)N[C@H]2C[C@@H]3OCCN(c4ccc5c(c4)c(c(-c4cccnc4[C@H](C)OC)n5CC)CC(C)(C)COC(=O)[C@@H]4CCCN(N4)C2=O)[C@@H]3C)C(C)C)C1. The van der Waals surface area contributed by atoms with Gasteiger partial charge in [0.1, 0.15) is 18.1 Å². The van der Waals surface area contributed by atoms with Crippen LogP contribution in [0.2, 0.25) is 0 Å². The van der Waals surface area contributed by atoms with E-state index in [4.69, 9.17) is 19.2 Å². The van der Waals surface area contributed by atoms with Crippen molar-refractivity contribution < 1.29 is 38.2 Å². The second kappa shape index (κ2) is 20.3. The van der Waals surface area contributed by atoms with E-state index in [1.165, 1.54) is 16.0 Å². The molecule has 6 bridgehead atoms. The van der Waals surface area contributed by atoms with Crippen LogP contribution in [0.5, 0.6) is 0 Å². The van der Waals surface area contributed by atoms with E-state index in [0.717, 1.165) is 39.1 Å². The first kappa shape index (κ1) is 48.6. The van der Waals surface area contributed by atoms with E-state index >= 15 is 0 Å². The highest BCUT2D eigenvalue weighted by Gasteiger charge is 2.42. The van der Waals surface area contributed by atoms with Gasteiger partial charge in [-0.3, -0.25) is 34.0 Å². The molecule has 4 aliphatic rings. The number of pyridine rings is 1. The molecule has 16 nitrogen and oxygen atoms in total. The number of aromatic nitrogens is 2. The molecule has 3 fully saturated rings. The van der Waals surface area contributed by atoms with Crippen molar-refractivity contribution in [2.45, 2.75) is 123 Å². The number of nitrogens with zero attached hydrogens (tertiary/aromatic N) is 6. The van der Waals surface area contributed by atoms with Crippen LogP contribution >= 0.6 is 0 Å². The molecule has 16 heteroatoms. The number of esters is 1. The number of carbonyl (C=O) groups excluding carboxylic acids is 5. The number of ether oxygens (including phenoxy) is 3. The van der Waals surface area contributed by atoms with Crippen LogP contribution in [-0.4, -0.2) is 138 Å². The number of benzene rings is 1. The van der Waals surface area contributed by atoms with Crippen molar-refractivity contribution in [2.75, 3.05) is 58.5 Å². The third kappa shape index (κ3) is 9.86. The van der Waals surface area contributed by atoms with Crippen LogP contribution in [0, 0.1) is 17.3 Å². The number of likely N-dealkylation sites (tertiary alicyclic amines) is 1. The van der Waals surface area contributed by atoms with Crippen LogP contribution in [0.1, 0.15) is 91.5 Å². The number of morpholine rings is 1. The fourth-order valence-corrected chi connectivity index (χ4v) is 10.5. The number of methoxy groups -OCH3 is 1. The topological polar surface area (TPSA) is 168 Å². The quantitative estimate of drug-likeness (QED) is 0.207. The number of carbonyl (C=O) groups is 5. The van der Waals surface area contributed by atoms with E-state index in [1.54, 1.807) is 25.3 Å². The Morgan fingerprint density at radius 1 is 1.12 bits per heavy atom. The van der Waals surface area contributed by atoms with Gasteiger partial charge < -0.3 is 38.8 Å². The summed E-state index contributed by atoms with van der Waals surface area (Å²) in [5.74, 6) is -2.59. The van der Waals surface area contributed by atoms with Crippen molar-refractivity contribution in [1.29, 1.82) is 0 Å². The van der Waals surface area contributed by atoms with Crippen molar-refractivity contribution in [2.24, 2.45) is 17.3 Å². The van der Waals surface area contributed by atoms with Crippen LogP contribution in [-0.2, 0) is 51.1 Å². The number of cyclic esters (lactones) is 1. The lowest BCUT2D eigenvalue weighted by molar-refractivity contribution is -0.156. The molecular formula is C50H70N8O8. The minimum atomic E-state index is -1.07. The van der Waals surface area contributed by atoms with Gasteiger partial charge in [0.15, 0.2) is 0 Å². The second-order valence-corrected chi connectivity index (χ2v) is 19.6. The third-order valence-corrected chi connectivity index (χ3v) is 14.1. The number of anilines is 1. The summed E-state index contributed by atoms with van der Waals surface area (Å²) in [5.41, 5.74) is 8.74. The zero-order valence-electron chi connectivity index (χ0n) is 40.3. The number of aryl methyl sites for hydroxylation is 1. The summed E-state index contributed by atoms with van der Waals surface area (Å²) >= 11 is 0. The van der Waals surface area contributed by atoms with Crippen LogP contribution in [0.4, 0.5) is 5.69 Å². The first-order valence-electron chi connectivity index (χ1n) is 23.7. The Kier molecular flexibility index (Phi) is 14.9. The van der Waals surface area contributed by atoms with Gasteiger partial charge >= 0.3 is 5.97 Å². The van der Waals surface area contributed by atoms with E-state index in [2.05, 4.69) is 78.7 Å². The van der Waals surface area contributed by atoms with Crippen LogP contribution in [0.15, 0.2) is 49.2 Å². The van der Waals surface area contributed by atoms with E-state index in [1.807, 2.05) is 26.8 Å². The summed E-state index contributed by atoms with van der Waals surface area (Å²) in [4.78, 5) is 79.8. The molecule has 66 heavy (non-hydrogen) atoms. The highest BCUT2D eigenvalue weighted by molar-refractivity contribution is 5.95. The summed E-state index contributed by atoms with van der Waals surface area (Å²) < 4.78 is 20.8. The molecule has 7 rings (SSSR count). The number of amides is 4. The Morgan fingerprint density at radius 2 is 1.89 bits per heavy atom. The van der Waals surface area contributed by atoms with Crippen LogP contribution in [0.25, 0.3) is 22.2 Å². The first-order chi connectivity index (χ1) is 31.5. The van der Waals surface area contributed by atoms with E-state index in [0.29, 0.717) is 58.5 Å². The zero-order chi connectivity index (χ0) is 47.6. The Bertz CT molecular complexity index is 2310. The van der Waals surface area contributed by atoms with Crippen molar-refractivity contribution in [3.05, 3.63) is 60.4 Å². The minimum Gasteiger partial charge on any atom is -0.464 e. The molecule has 0 aliphatic carbocycles. The summed E-state index contributed by atoms with van der Waals surface area (Å²) in [6.07, 6.45) is 4.51. The zero-order valence-corrected chi connectivity index (χ0v) is 40.3. The number of hydrazine groups is 1. The summed E-state index contributed by atoms with van der Waals surface area (Å²) in [6.45, 7) is 20.6. The molecule has 0 unspecified atom stereocenters. The Morgan fingerprint density at radius 3 is 2.61 bits per heavy atom.